The maximum absolute atomic E-state index is 12.0. The number of benzene rings is 2. The fraction of sp³-hybridized carbons (Fsp3) is 0.364. The van der Waals surface area contributed by atoms with Crippen LogP contribution in [0.15, 0.2) is 30.3 Å². The Morgan fingerprint density at radius 1 is 1.11 bits per heavy atom. The highest BCUT2D eigenvalue weighted by atomic mass is 16.5. The van der Waals surface area contributed by atoms with Crippen molar-refractivity contribution in [3.8, 4) is 17.2 Å². The summed E-state index contributed by atoms with van der Waals surface area (Å²) in [6.07, 6.45) is -0.324. The van der Waals surface area contributed by atoms with Crippen molar-refractivity contribution in [2.45, 2.75) is 47.0 Å². The standard InChI is InChI=1S/C22H27NO5/c1-6-27-21(26)12-20(25)23-16-9-14(4)22(15(5)10-16)28-17-7-8-19(24)18(11-17)13(2)3/h7-11,13,24H,6,12H2,1-5H3,(H,23,25). The first-order valence-electron chi connectivity index (χ1n) is 9.28. The van der Waals surface area contributed by atoms with Crippen LogP contribution in [-0.4, -0.2) is 23.6 Å². The molecule has 0 atom stereocenters. The Hall–Kier alpha value is -3.02. The van der Waals surface area contributed by atoms with Crippen molar-refractivity contribution in [3.05, 3.63) is 47.0 Å². The lowest BCUT2D eigenvalue weighted by atomic mass is 10.0. The molecule has 0 bridgehead atoms. The predicted molar refractivity (Wildman–Crippen MR) is 108 cm³/mol. The van der Waals surface area contributed by atoms with E-state index in [0.29, 0.717) is 17.2 Å². The summed E-state index contributed by atoms with van der Waals surface area (Å²) in [5.41, 5.74) is 3.08. The molecule has 0 saturated heterocycles. The highest BCUT2D eigenvalue weighted by molar-refractivity contribution is 6.02. The third-order valence-electron chi connectivity index (χ3n) is 4.20. The van der Waals surface area contributed by atoms with Gasteiger partial charge in [-0.25, -0.2) is 0 Å². The molecule has 0 saturated carbocycles. The number of rotatable bonds is 7. The Labute approximate surface area is 165 Å². The largest absolute Gasteiger partial charge is 0.508 e. The van der Waals surface area contributed by atoms with Crippen LogP contribution in [0.4, 0.5) is 5.69 Å². The average Bonchev–Trinajstić information content (AvgIpc) is 2.59. The van der Waals surface area contributed by atoms with E-state index in [-0.39, 0.29) is 24.7 Å². The minimum atomic E-state index is -0.554. The van der Waals surface area contributed by atoms with Crippen LogP contribution in [0.25, 0.3) is 0 Å². The molecule has 0 spiro atoms. The second-order valence-corrected chi connectivity index (χ2v) is 6.95. The molecule has 6 heteroatoms. The topological polar surface area (TPSA) is 84.9 Å². The van der Waals surface area contributed by atoms with Crippen molar-refractivity contribution in [2.75, 3.05) is 11.9 Å². The predicted octanol–water partition coefficient (Wildman–Crippen LogP) is 4.82. The number of phenols is 1. The summed E-state index contributed by atoms with van der Waals surface area (Å²) in [6.45, 7) is 9.71. The zero-order valence-corrected chi connectivity index (χ0v) is 17.0. The van der Waals surface area contributed by atoms with Crippen LogP contribution in [0.3, 0.4) is 0 Å². The first-order chi connectivity index (χ1) is 13.2. The first kappa shape index (κ1) is 21.3. The molecule has 2 aromatic carbocycles. The number of aromatic hydroxyl groups is 1. The molecule has 0 aliphatic carbocycles. The summed E-state index contributed by atoms with van der Waals surface area (Å²) in [4.78, 5) is 23.4. The van der Waals surface area contributed by atoms with Crippen LogP contribution in [0.2, 0.25) is 0 Å². The van der Waals surface area contributed by atoms with E-state index in [2.05, 4.69) is 5.32 Å². The number of amides is 1. The summed E-state index contributed by atoms with van der Waals surface area (Å²) in [5, 5.41) is 12.7. The maximum Gasteiger partial charge on any atom is 0.315 e. The summed E-state index contributed by atoms with van der Waals surface area (Å²) < 4.78 is 10.8. The SMILES string of the molecule is CCOC(=O)CC(=O)Nc1cc(C)c(Oc2ccc(O)c(C(C)C)c2)c(C)c1. The number of carbonyl (C=O) groups is 2. The molecule has 0 unspecified atom stereocenters. The molecule has 2 rings (SSSR count). The highest BCUT2D eigenvalue weighted by Gasteiger charge is 2.14. The summed E-state index contributed by atoms with van der Waals surface area (Å²) in [6, 6.07) is 8.74. The maximum atomic E-state index is 12.0. The van der Waals surface area contributed by atoms with Crippen LogP contribution in [-0.2, 0) is 14.3 Å². The molecule has 0 aliphatic heterocycles. The third kappa shape index (κ3) is 5.49. The Kier molecular flexibility index (Phi) is 7.04. The average molecular weight is 385 g/mol. The lowest BCUT2D eigenvalue weighted by Gasteiger charge is -2.16. The van der Waals surface area contributed by atoms with E-state index in [0.717, 1.165) is 16.7 Å². The Bertz CT molecular complexity index is 850. The molecule has 6 nitrogen and oxygen atoms in total. The second kappa shape index (κ2) is 9.26. The van der Waals surface area contributed by atoms with Crippen LogP contribution < -0.4 is 10.1 Å². The van der Waals surface area contributed by atoms with Gasteiger partial charge in [-0.15, -0.1) is 0 Å². The van der Waals surface area contributed by atoms with E-state index in [1.807, 2.05) is 33.8 Å². The lowest BCUT2D eigenvalue weighted by molar-refractivity contribution is -0.145. The van der Waals surface area contributed by atoms with Gasteiger partial charge >= 0.3 is 5.97 Å². The summed E-state index contributed by atoms with van der Waals surface area (Å²) in [7, 11) is 0. The molecule has 28 heavy (non-hydrogen) atoms. The van der Waals surface area contributed by atoms with Gasteiger partial charge in [0.15, 0.2) is 0 Å². The quantitative estimate of drug-likeness (QED) is 0.527. The Morgan fingerprint density at radius 2 is 1.75 bits per heavy atom. The van der Waals surface area contributed by atoms with Crippen molar-refractivity contribution >= 4 is 17.6 Å². The van der Waals surface area contributed by atoms with E-state index in [4.69, 9.17) is 9.47 Å². The van der Waals surface area contributed by atoms with Crippen molar-refractivity contribution in [1.29, 1.82) is 0 Å². The molecule has 0 aliphatic rings. The van der Waals surface area contributed by atoms with Gasteiger partial charge in [-0.2, -0.15) is 0 Å². The normalized spacial score (nSPS) is 10.6. The third-order valence-corrected chi connectivity index (χ3v) is 4.20. The molecule has 2 aromatic rings. The van der Waals surface area contributed by atoms with E-state index in [9.17, 15) is 14.7 Å². The number of carbonyl (C=O) groups excluding carboxylic acids is 2. The molecule has 2 N–H and O–H groups in total. The number of phenolic OH excluding ortho intramolecular Hbond substituents is 1. The first-order valence-corrected chi connectivity index (χ1v) is 9.28. The minimum Gasteiger partial charge on any atom is -0.508 e. The van der Waals surface area contributed by atoms with E-state index < -0.39 is 11.9 Å². The summed E-state index contributed by atoms with van der Waals surface area (Å²) in [5.74, 6) is 0.751. The molecule has 0 heterocycles. The fourth-order valence-corrected chi connectivity index (χ4v) is 2.91. The molecular formula is C22H27NO5. The number of esters is 1. The van der Waals surface area contributed by atoms with Gasteiger partial charge in [0.05, 0.1) is 6.61 Å². The smallest absolute Gasteiger partial charge is 0.315 e. The molecule has 0 radical (unpaired) electrons. The van der Waals surface area contributed by atoms with Gasteiger partial charge in [0, 0.05) is 11.3 Å². The van der Waals surface area contributed by atoms with Crippen LogP contribution in [0, 0.1) is 13.8 Å². The van der Waals surface area contributed by atoms with Gasteiger partial charge in [0.1, 0.15) is 23.7 Å². The van der Waals surface area contributed by atoms with Gasteiger partial charge in [0.2, 0.25) is 5.91 Å². The van der Waals surface area contributed by atoms with Gasteiger partial charge in [-0.1, -0.05) is 13.8 Å². The monoisotopic (exact) mass is 385 g/mol. The van der Waals surface area contributed by atoms with Crippen molar-refractivity contribution in [2.24, 2.45) is 0 Å². The lowest BCUT2D eigenvalue weighted by Crippen LogP contribution is -2.18. The van der Waals surface area contributed by atoms with Gasteiger partial charge in [-0.05, 0) is 68.1 Å². The molecule has 0 aromatic heterocycles. The fourth-order valence-electron chi connectivity index (χ4n) is 2.91. The Morgan fingerprint density at radius 3 is 2.32 bits per heavy atom. The number of aryl methyl sites for hydroxylation is 2. The van der Waals surface area contributed by atoms with Crippen molar-refractivity contribution in [3.63, 3.8) is 0 Å². The zero-order chi connectivity index (χ0) is 20.8. The van der Waals surface area contributed by atoms with E-state index in [1.54, 1.807) is 31.2 Å². The number of ether oxygens (including phenoxy) is 2. The van der Waals surface area contributed by atoms with Crippen LogP contribution in [0.5, 0.6) is 17.2 Å². The number of nitrogens with one attached hydrogen (secondary N) is 1. The summed E-state index contributed by atoms with van der Waals surface area (Å²) >= 11 is 0. The van der Waals surface area contributed by atoms with Gasteiger partial charge in [-0.3, -0.25) is 9.59 Å². The molecule has 150 valence electrons. The Balaban J connectivity index is 2.17. The number of anilines is 1. The van der Waals surface area contributed by atoms with Gasteiger partial charge < -0.3 is 19.9 Å². The van der Waals surface area contributed by atoms with Crippen molar-refractivity contribution < 1.29 is 24.2 Å². The minimum absolute atomic E-state index is 0.169. The molecular weight excluding hydrogens is 358 g/mol. The zero-order valence-electron chi connectivity index (χ0n) is 17.0. The van der Waals surface area contributed by atoms with E-state index in [1.165, 1.54) is 0 Å². The van der Waals surface area contributed by atoms with Crippen LogP contribution >= 0.6 is 0 Å². The van der Waals surface area contributed by atoms with Gasteiger partial charge in [0.25, 0.3) is 0 Å². The van der Waals surface area contributed by atoms with Crippen LogP contribution in [0.1, 0.15) is 49.8 Å². The number of hydrogen-bond donors (Lipinski definition) is 2. The second-order valence-electron chi connectivity index (χ2n) is 6.95. The molecule has 0 fully saturated rings. The highest BCUT2D eigenvalue weighted by Crippen LogP contribution is 2.35. The van der Waals surface area contributed by atoms with Crippen molar-refractivity contribution in [1.82, 2.24) is 0 Å². The number of hydrogen-bond acceptors (Lipinski definition) is 5. The van der Waals surface area contributed by atoms with E-state index >= 15 is 0 Å². The molecule has 1 amide bonds.